The topological polar surface area (TPSA) is 73.1 Å². The molecule has 0 aliphatic heterocycles. The van der Waals surface area contributed by atoms with E-state index in [0.717, 1.165) is 45.6 Å². The van der Waals surface area contributed by atoms with Gasteiger partial charge in [0.05, 0.1) is 23.7 Å². The van der Waals surface area contributed by atoms with Crippen LogP contribution in [0, 0.1) is 0 Å². The Bertz CT molecular complexity index is 590. The van der Waals surface area contributed by atoms with Gasteiger partial charge in [0.1, 0.15) is 5.75 Å². The van der Waals surface area contributed by atoms with Crippen LogP contribution in [0.3, 0.4) is 0 Å². The SMILES string of the molecule is CCCc1nnsc1C(Cc1cc(Br)ccc1OC)NN. The van der Waals surface area contributed by atoms with Gasteiger partial charge in [-0.3, -0.25) is 11.3 Å². The molecule has 1 heterocycles. The Morgan fingerprint density at radius 2 is 2.29 bits per heavy atom. The molecule has 0 aliphatic rings. The molecule has 3 N–H and O–H groups in total. The maximum absolute atomic E-state index is 5.76. The van der Waals surface area contributed by atoms with Crippen molar-refractivity contribution in [2.24, 2.45) is 5.84 Å². The van der Waals surface area contributed by atoms with Crippen molar-refractivity contribution >= 4 is 27.5 Å². The summed E-state index contributed by atoms with van der Waals surface area (Å²) >= 11 is 4.90. The molecule has 114 valence electrons. The highest BCUT2D eigenvalue weighted by atomic mass is 79.9. The minimum Gasteiger partial charge on any atom is -0.496 e. The number of ether oxygens (including phenoxy) is 1. The minimum absolute atomic E-state index is 0.0188. The van der Waals surface area contributed by atoms with Gasteiger partial charge < -0.3 is 4.74 Å². The molecule has 0 bridgehead atoms. The van der Waals surface area contributed by atoms with E-state index in [-0.39, 0.29) is 6.04 Å². The molecule has 0 spiro atoms. The first-order valence-corrected chi connectivity index (χ1v) is 8.35. The van der Waals surface area contributed by atoms with Crippen LogP contribution in [0.25, 0.3) is 0 Å². The van der Waals surface area contributed by atoms with Crippen molar-refractivity contribution in [3.63, 3.8) is 0 Å². The van der Waals surface area contributed by atoms with Gasteiger partial charge in [-0.15, -0.1) is 5.10 Å². The van der Waals surface area contributed by atoms with E-state index in [1.807, 2.05) is 12.1 Å². The van der Waals surface area contributed by atoms with E-state index in [4.69, 9.17) is 10.6 Å². The first kappa shape index (κ1) is 16.4. The zero-order valence-electron chi connectivity index (χ0n) is 12.1. The fourth-order valence-electron chi connectivity index (χ4n) is 2.24. The van der Waals surface area contributed by atoms with Crippen LogP contribution in [0.2, 0.25) is 0 Å². The predicted molar refractivity (Wildman–Crippen MR) is 88.4 cm³/mol. The Labute approximate surface area is 137 Å². The van der Waals surface area contributed by atoms with Gasteiger partial charge in [0.25, 0.3) is 0 Å². The van der Waals surface area contributed by atoms with Crippen molar-refractivity contribution in [3.8, 4) is 5.75 Å². The summed E-state index contributed by atoms with van der Waals surface area (Å²) in [6.07, 6.45) is 2.68. The monoisotopic (exact) mass is 370 g/mol. The van der Waals surface area contributed by atoms with Gasteiger partial charge in [0.2, 0.25) is 0 Å². The normalized spacial score (nSPS) is 12.4. The zero-order valence-corrected chi connectivity index (χ0v) is 14.5. The van der Waals surface area contributed by atoms with Crippen molar-refractivity contribution in [2.75, 3.05) is 7.11 Å². The second-order valence-corrected chi connectivity index (χ2v) is 6.41. The van der Waals surface area contributed by atoms with E-state index in [1.165, 1.54) is 11.5 Å². The number of nitrogens with two attached hydrogens (primary N) is 1. The standard InChI is InChI=1S/C14H19BrN4OS/c1-3-4-11-14(21-19-18-11)12(17-16)8-9-7-10(15)5-6-13(9)20-2/h5-7,12,17H,3-4,8,16H2,1-2H3. The number of rotatable bonds is 7. The fraction of sp³-hybridized carbons (Fsp3) is 0.429. The third-order valence-corrected chi connectivity index (χ3v) is 4.63. The van der Waals surface area contributed by atoms with Gasteiger partial charge in [-0.25, -0.2) is 0 Å². The van der Waals surface area contributed by atoms with Crippen molar-refractivity contribution in [1.29, 1.82) is 0 Å². The van der Waals surface area contributed by atoms with Gasteiger partial charge in [0.15, 0.2) is 0 Å². The summed E-state index contributed by atoms with van der Waals surface area (Å²) in [6.45, 7) is 2.13. The lowest BCUT2D eigenvalue weighted by Gasteiger charge is -2.17. The van der Waals surface area contributed by atoms with E-state index < -0.39 is 0 Å². The Kier molecular flexibility index (Phi) is 6.10. The number of hydrogen-bond acceptors (Lipinski definition) is 6. The van der Waals surface area contributed by atoms with Gasteiger partial charge >= 0.3 is 0 Å². The van der Waals surface area contributed by atoms with Gasteiger partial charge in [-0.05, 0) is 48.1 Å². The van der Waals surface area contributed by atoms with E-state index >= 15 is 0 Å². The number of nitrogens with zero attached hydrogens (tertiary/aromatic N) is 2. The molecular weight excluding hydrogens is 352 g/mol. The van der Waals surface area contributed by atoms with Gasteiger partial charge in [0, 0.05) is 4.47 Å². The highest BCUT2D eigenvalue weighted by Gasteiger charge is 2.20. The molecule has 2 rings (SSSR count). The summed E-state index contributed by atoms with van der Waals surface area (Å²) in [6, 6.07) is 5.95. The quantitative estimate of drug-likeness (QED) is 0.578. The number of hydrazine groups is 1. The molecule has 0 aliphatic carbocycles. The highest BCUT2D eigenvalue weighted by molar-refractivity contribution is 9.10. The summed E-state index contributed by atoms with van der Waals surface area (Å²) in [5.41, 5.74) is 5.00. The second-order valence-electron chi connectivity index (χ2n) is 4.71. The van der Waals surface area contributed by atoms with Crippen LogP contribution >= 0.6 is 27.5 Å². The lowest BCUT2D eigenvalue weighted by Crippen LogP contribution is -2.29. The largest absolute Gasteiger partial charge is 0.496 e. The minimum atomic E-state index is -0.0188. The molecule has 0 amide bonds. The molecule has 0 fully saturated rings. The molecule has 1 aromatic carbocycles. The van der Waals surface area contributed by atoms with Crippen LogP contribution in [0.15, 0.2) is 22.7 Å². The van der Waals surface area contributed by atoms with Crippen LogP contribution in [0.4, 0.5) is 0 Å². The number of aromatic nitrogens is 2. The molecule has 0 saturated heterocycles. The van der Waals surface area contributed by atoms with E-state index in [1.54, 1.807) is 7.11 Å². The van der Waals surface area contributed by atoms with Crippen LogP contribution in [0.1, 0.15) is 35.5 Å². The van der Waals surface area contributed by atoms with E-state index in [0.29, 0.717) is 0 Å². The van der Waals surface area contributed by atoms with Gasteiger partial charge in [-0.1, -0.05) is 33.8 Å². The second kappa shape index (κ2) is 7.84. The zero-order chi connectivity index (χ0) is 15.2. The molecule has 5 nitrogen and oxygen atoms in total. The third kappa shape index (κ3) is 4.00. The number of nitrogens with one attached hydrogen (secondary N) is 1. The smallest absolute Gasteiger partial charge is 0.122 e. The van der Waals surface area contributed by atoms with E-state index in [2.05, 4.69) is 43.9 Å². The van der Waals surface area contributed by atoms with Gasteiger partial charge in [-0.2, -0.15) is 0 Å². The Morgan fingerprint density at radius 3 is 2.95 bits per heavy atom. The molecule has 21 heavy (non-hydrogen) atoms. The van der Waals surface area contributed by atoms with Crippen LogP contribution in [0.5, 0.6) is 5.75 Å². The molecular formula is C14H19BrN4OS. The fourth-order valence-corrected chi connectivity index (χ4v) is 3.41. The van der Waals surface area contributed by atoms with Crippen molar-refractivity contribution in [3.05, 3.63) is 38.8 Å². The lowest BCUT2D eigenvalue weighted by molar-refractivity contribution is 0.405. The highest BCUT2D eigenvalue weighted by Crippen LogP contribution is 2.30. The molecule has 1 aromatic heterocycles. The summed E-state index contributed by atoms with van der Waals surface area (Å²) in [5.74, 6) is 6.61. The average molecular weight is 371 g/mol. The third-order valence-electron chi connectivity index (χ3n) is 3.26. The molecule has 0 radical (unpaired) electrons. The van der Waals surface area contributed by atoms with Crippen LogP contribution in [-0.4, -0.2) is 16.7 Å². The Balaban J connectivity index is 2.26. The molecule has 1 atom stereocenters. The van der Waals surface area contributed by atoms with Crippen LogP contribution in [-0.2, 0) is 12.8 Å². The Morgan fingerprint density at radius 1 is 1.48 bits per heavy atom. The first-order chi connectivity index (χ1) is 10.2. The Hall–Kier alpha value is -1.02. The van der Waals surface area contributed by atoms with Crippen LogP contribution < -0.4 is 16.0 Å². The lowest BCUT2D eigenvalue weighted by atomic mass is 10.0. The molecule has 7 heteroatoms. The summed E-state index contributed by atoms with van der Waals surface area (Å²) in [4.78, 5) is 1.10. The first-order valence-electron chi connectivity index (χ1n) is 6.79. The molecule has 0 saturated carbocycles. The van der Waals surface area contributed by atoms with Crippen molar-refractivity contribution < 1.29 is 4.74 Å². The van der Waals surface area contributed by atoms with Crippen molar-refractivity contribution in [1.82, 2.24) is 15.0 Å². The molecule has 2 aromatic rings. The summed E-state index contributed by atoms with van der Waals surface area (Å²) in [5, 5.41) is 4.21. The van der Waals surface area contributed by atoms with Crippen molar-refractivity contribution in [2.45, 2.75) is 32.2 Å². The van der Waals surface area contributed by atoms with E-state index in [9.17, 15) is 0 Å². The maximum Gasteiger partial charge on any atom is 0.122 e. The molecule has 1 unspecified atom stereocenters. The number of aryl methyl sites for hydroxylation is 1. The number of halogens is 1. The number of benzene rings is 1. The number of hydrogen-bond donors (Lipinski definition) is 2. The summed E-state index contributed by atoms with van der Waals surface area (Å²) in [7, 11) is 1.67. The maximum atomic E-state index is 5.76. The summed E-state index contributed by atoms with van der Waals surface area (Å²) < 4.78 is 10.5. The average Bonchev–Trinajstić information content (AvgIpc) is 2.93. The number of methoxy groups -OCH3 is 1. The predicted octanol–water partition coefficient (Wildman–Crippen LogP) is 3.01.